The summed E-state index contributed by atoms with van der Waals surface area (Å²) in [5.74, 6) is -0.576. The molecule has 1 aliphatic heterocycles. The average molecular weight is 429 g/mol. The fourth-order valence-electron chi connectivity index (χ4n) is 2.16. The number of nitrogens with zero attached hydrogens (tertiary/aromatic N) is 3. The summed E-state index contributed by atoms with van der Waals surface area (Å²) in [6.45, 7) is 4.74. The van der Waals surface area contributed by atoms with Gasteiger partial charge in [0, 0.05) is 49.4 Å². The number of benzene rings is 2. The summed E-state index contributed by atoms with van der Waals surface area (Å²) in [6.07, 6.45) is 0. The van der Waals surface area contributed by atoms with E-state index < -0.39 is 15.7 Å². The Labute approximate surface area is 171 Å². The SMILES string of the molecule is CN1CCNCC1.Nc1cc(Cl)ccc1[N+](=O)[O-].Nc1cc(F)ccc1[N+](=O)[O-]. The Morgan fingerprint density at radius 3 is 1.86 bits per heavy atom. The molecule has 10 nitrogen and oxygen atoms in total. The van der Waals surface area contributed by atoms with E-state index in [1.807, 2.05) is 0 Å². The van der Waals surface area contributed by atoms with Crippen LogP contribution in [-0.2, 0) is 0 Å². The smallest absolute Gasteiger partial charge is 0.292 e. The summed E-state index contributed by atoms with van der Waals surface area (Å²) in [6, 6.07) is 6.99. The Bertz CT molecular complexity index is 787. The van der Waals surface area contributed by atoms with Gasteiger partial charge in [0.05, 0.1) is 9.85 Å². The lowest BCUT2D eigenvalue weighted by Crippen LogP contribution is -2.40. The summed E-state index contributed by atoms with van der Waals surface area (Å²) in [5, 5.41) is 24.0. The lowest BCUT2D eigenvalue weighted by molar-refractivity contribution is -0.384. The van der Waals surface area contributed by atoms with Crippen LogP contribution in [0.2, 0.25) is 5.02 Å². The van der Waals surface area contributed by atoms with Crippen molar-refractivity contribution in [1.29, 1.82) is 0 Å². The van der Waals surface area contributed by atoms with E-state index in [-0.39, 0.29) is 22.7 Å². The molecule has 0 radical (unpaired) electrons. The molecule has 12 heteroatoms. The first-order valence-corrected chi connectivity index (χ1v) is 8.77. The van der Waals surface area contributed by atoms with Crippen molar-refractivity contribution in [3.63, 3.8) is 0 Å². The van der Waals surface area contributed by atoms with E-state index in [2.05, 4.69) is 17.3 Å². The van der Waals surface area contributed by atoms with Crippen LogP contribution in [0.1, 0.15) is 0 Å². The number of hydrogen-bond donors (Lipinski definition) is 3. The molecule has 0 unspecified atom stereocenters. The molecular formula is C17H22ClFN6O4. The highest BCUT2D eigenvalue weighted by Gasteiger charge is 2.10. The highest BCUT2D eigenvalue weighted by atomic mass is 35.5. The molecule has 0 aliphatic carbocycles. The minimum atomic E-state index is -0.658. The van der Waals surface area contributed by atoms with Gasteiger partial charge in [0.2, 0.25) is 0 Å². The molecule has 0 aromatic heterocycles. The molecule has 158 valence electrons. The quantitative estimate of drug-likeness (QED) is 0.374. The molecule has 1 fully saturated rings. The predicted molar refractivity (Wildman–Crippen MR) is 110 cm³/mol. The maximum atomic E-state index is 12.3. The van der Waals surface area contributed by atoms with Crippen LogP contribution < -0.4 is 16.8 Å². The molecule has 2 aromatic carbocycles. The molecule has 0 saturated carbocycles. The molecule has 3 rings (SSSR count). The number of piperazine rings is 1. The average Bonchev–Trinajstić information content (AvgIpc) is 2.62. The van der Waals surface area contributed by atoms with Crippen LogP contribution >= 0.6 is 11.6 Å². The van der Waals surface area contributed by atoms with Gasteiger partial charge in [-0.3, -0.25) is 20.2 Å². The standard InChI is InChI=1S/C6H5ClN2O2.C6H5FN2O2.C5H12N2/c2*7-4-1-2-6(9(10)11)5(8)3-4;1-7-4-2-6-3-5-7/h2*1-3H,8H2;6H,2-5H2,1H3. The molecule has 5 N–H and O–H groups in total. The van der Waals surface area contributed by atoms with E-state index in [1.165, 1.54) is 31.3 Å². The van der Waals surface area contributed by atoms with Crippen molar-refractivity contribution in [2.24, 2.45) is 0 Å². The molecule has 0 spiro atoms. The van der Waals surface area contributed by atoms with Gasteiger partial charge in [-0.2, -0.15) is 0 Å². The zero-order valence-electron chi connectivity index (χ0n) is 15.7. The summed E-state index contributed by atoms with van der Waals surface area (Å²) >= 11 is 5.52. The number of nitro groups is 2. The van der Waals surface area contributed by atoms with Crippen molar-refractivity contribution < 1.29 is 14.2 Å². The molecule has 0 atom stereocenters. The molecule has 1 aliphatic rings. The van der Waals surface area contributed by atoms with Crippen molar-refractivity contribution in [2.75, 3.05) is 44.7 Å². The number of nitrogens with two attached hydrogens (primary N) is 2. The molecule has 0 bridgehead atoms. The van der Waals surface area contributed by atoms with Crippen molar-refractivity contribution >= 4 is 34.4 Å². The fraction of sp³-hybridized carbons (Fsp3) is 0.294. The fourth-order valence-corrected chi connectivity index (χ4v) is 2.34. The molecule has 1 heterocycles. The van der Waals surface area contributed by atoms with Crippen LogP contribution in [0.25, 0.3) is 0 Å². The Kier molecular flexibility index (Phi) is 9.72. The van der Waals surface area contributed by atoms with E-state index >= 15 is 0 Å². The number of rotatable bonds is 2. The summed E-state index contributed by atoms with van der Waals surface area (Å²) in [5.41, 5.74) is 9.98. The first kappa shape index (κ1) is 24.0. The van der Waals surface area contributed by atoms with Gasteiger partial charge in [0.15, 0.2) is 0 Å². The van der Waals surface area contributed by atoms with Gasteiger partial charge in [-0.15, -0.1) is 0 Å². The number of nitrogens with one attached hydrogen (secondary N) is 1. The van der Waals surface area contributed by atoms with Gasteiger partial charge in [-0.05, 0) is 25.2 Å². The molecule has 0 amide bonds. The highest BCUT2D eigenvalue weighted by Crippen LogP contribution is 2.24. The maximum absolute atomic E-state index is 12.3. The third kappa shape index (κ3) is 8.68. The third-order valence-corrected chi connectivity index (χ3v) is 3.95. The number of anilines is 2. The number of nitrogen functional groups attached to an aromatic ring is 2. The van der Waals surface area contributed by atoms with E-state index in [0.29, 0.717) is 5.02 Å². The second-order valence-electron chi connectivity index (χ2n) is 5.97. The number of hydrogen-bond acceptors (Lipinski definition) is 8. The normalized spacial score (nSPS) is 13.3. The minimum Gasteiger partial charge on any atom is -0.393 e. The van der Waals surface area contributed by atoms with Crippen LogP contribution in [0, 0.1) is 26.0 Å². The Balaban J connectivity index is 0.000000223. The van der Waals surface area contributed by atoms with Gasteiger partial charge < -0.3 is 21.7 Å². The zero-order valence-corrected chi connectivity index (χ0v) is 16.4. The zero-order chi connectivity index (χ0) is 22.0. The number of halogens is 2. The van der Waals surface area contributed by atoms with Crippen LogP contribution in [0.4, 0.5) is 27.1 Å². The van der Waals surface area contributed by atoms with Gasteiger partial charge >= 0.3 is 0 Å². The lowest BCUT2D eigenvalue weighted by Gasteiger charge is -2.21. The number of likely N-dealkylation sites (N-methyl/N-ethyl adjacent to an activating group) is 1. The van der Waals surface area contributed by atoms with Gasteiger partial charge in [0.25, 0.3) is 11.4 Å². The third-order valence-electron chi connectivity index (χ3n) is 3.71. The molecule has 2 aromatic rings. The van der Waals surface area contributed by atoms with Gasteiger partial charge in [-0.1, -0.05) is 11.6 Å². The van der Waals surface area contributed by atoms with E-state index in [0.717, 1.165) is 31.3 Å². The van der Waals surface area contributed by atoms with Crippen molar-refractivity contribution in [3.8, 4) is 0 Å². The highest BCUT2D eigenvalue weighted by molar-refractivity contribution is 6.30. The Hall–Kier alpha value is -3.02. The van der Waals surface area contributed by atoms with Crippen LogP contribution in [0.3, 0.4) is 0 Å². The van der Waals surface area contributed by atoms with Gasteiger partial charge in [0.1, 0.15) is 17.2 Å². The van der Waals surface area contributed by atoms with Crippen molar-refractivity contribution in [2.45, 2.75) is 0 Å². The van der Waals surface area contributed by atoms with E-state index in [9.17, 15) is 24.6 Å². The monoisotopic (exact) mass is 428 g/mol. The second kappa shape index (κ2) is 11.7. The van der Waals surface area contributed by atoms with Crippen LogP contribution in [-0.4, -0.2) is 48.0 Å². The van der Waals surface area contributed by atoms with Crippen molar-refractivity contribution in [1.82, 2.24) is 10.2 Å². The first-order chi connectivity index (χ1) is 13.6. The predicted octanol–water partition coefficient (Wildman–Crippen LogP) is 2.67. The maximum Gasteiger partial charge on any atom is 0.292 e. The number of nitro benzene ring substituents is 2. The second-order valence-corrected chi connectivity index (χ2v) is 6.41. The van der Waals surface area contributed by atoms with Crippen LogP contribution in [0.15, 0.2) is 36.4 Å². The first-order valence-electron chi connectivity index (χ1n) is 8.40. The molecule has 29 heavy (non-hydrogen) atoms. The van der Waals surface area contributed by atoms with E-state index in [4.69, 9.17) is 23.1 Å². The van der Waals surface area contributed by atoms with Gasteiger partial charge in [-0.25, -0.2) is 4.39 Å². The topological polar surface area (TPSA) is 154 Å². The molecule has 1 saturated heterocycles. The molecular weight excluding hydrogens is 407 g/mol. The lowest BCUT2D eigenvalue weighted by atomic mass is 10.3. The van der Waals surface area contributed by atoms with E-state index in [1.54, 1.807) is 0 Å². The summed E-state index contributed by atoms with van der Waals surface area (Å²) < 4.78 is 12.3. The minimum absolute atomic E-state index is 0.0856. The van der Waals surface area contributed by atoms with Crippen molar-refractivity contribution in [3.05, 3.63) is 67.5 Å². The summed E-state index contributed by atoms with van der Waals surface area (Å²) in [4.78, 5) is 21.5. The largest absolute Gasteiger partial charge is 0.393 e. The summed E-state index contributed by atoms with van der Waals surface area (Å²) in [7, 11) is 2.15. The van der Waals surface area contributed by atoms with Crippen LogP contribution in [0.5, 0.6) is 0 Å². The Morgan fingerprint density at radius 1 is 1.00 bits per heavy atom. The Morgan fingerprint density at radius 2 is 1.48 bits per heavy atom.